The van der Waals surface area contributed by atoms with E-state index >= 15 is 0 Å². The lowest BCUT2D eigenvalue weighted by atomic mass is 10.2. The van der Waals surface area contributed by atoms with Gasteiger partial charge in [-0.05, 0) is 19.1 Å². The van der Waals surface area contributed by atoms with Gasteiger partial charge >= 0.3 is 0 Å². The molecule has 1 unspecified atom stereocenters. The van der Waals surface area contributed by atoms with Crippen LogP contribution in [0.25, 0.3) is 0 Å². The van der Waals surface area contributed by atoms with E-state index in [0.29, 0.717) is 17.2 Å². The van der Waals surface area contributed by atoms with Crippen LogP contribution in [0.3, 0.4) is 0 Å². The van der Waals surface area contributed by atoms with Crippen molar-refractivity contribution in [3.05, 3.63) is 18.2 Å². The maximum atomic E-state index is 9.03. The molecule has 78 valence electrons. The number of para-hydroxylation sites is 1. The zero-order chi connectivity index (χ0) is 10.6. The van der Waals surface area contributed by atoms with Gasteiger partial charge in [-0.15, -0.1) is 0 Å². The standard InChI is InChI=1S/C10H15NO3/c1-7(12)6-14-9-5-3-4-8(13-2)10(9)11/h3-5,7,12H,6,11H2,1-2H3. The number of hydrogen-bond donors (Lipinski definition) is 2. The van der Waals surface area contributed by atoms with Gasteiger partial charge in [0.25, 0.3) is 0 Å². The first-order valence-electron chi connectivity index (χ1n) is 4.38. The molecule has 0 bridgehead atoms. The van der Waals surface area contributed by atoms with Crippen LogP contribution in [0.4, 0.5) is 5.69 Å². The smallest absolute Gasteiger partial charge is 0.146 e. The number of nitrogens with two attached hydrogens (primary N) is 1. The number of ether oxygens (including phenoxy) is 2. The first-order chi connectivity index (χ1) is 6.65. The largest absolute Gasteiger partial charge is 0.494 e. The van der Waals surface area contributed by atoms with Gasteiger partial charge in [-0.2, -0.15) is 0 Å². The van der Waals surface area contributed by atoms with Gasteiger partial charge in [0.15, 0.2) is 0 Å². The molecule has 4 heteroatoms. The average Bonchev–Trinajstić information content (AvgIpc) is 2.16. The summed E-state index contributed by atoms with van der Waals surface area (Å²) in [5, 5.41) is 9.03. The van der Waals surface area contributed by atoms with Crippen LogP contribution in [0, 0.1) is 0 Å². The topological polar surface area (TPSA) is 64.7 Å². The van der Waals surface area contributed by atoms with E-state index in [4.69, 9.17) is 20.3 Å². The molecule has 1 rings (SSSR count). The Balaban J connectivity index is 2.76. The molecule has 14 heavy (non-hydrogen) atoms. The molecule has 0 saturated carbocycles. The number of anilines is 1. The second-order valence-electron chi connectivity index (χ2n) is 3.03. The fraction of sp³-hybridized carbons (Fsp3) is 0.400. The maximum Gasteiger partial charge on any atom is 0.146 e. The quantitative estimate of drug-likeness (QED) is 0.708. The predicted octanol–water partition coefficient (Wildman–Crippen LogP) is 1.04. The van der Waals surface area contributed by atoms with Gasteiger partial charge in [0.1, 0.15) is 23.8 Å². The van der Waals surface area contributed by atoms with Crippen LogP contribution in [-0.2, 0) is 0 Å². The Morgan fingerprint density at radius 2 is 2.07 bits per heavy atom. The molecule has 0 radical (unpaired) electrons. The minimum Gasteiger partial charge on any atom is -0.494 e. The van der Waals surface area contributed by atoms with E-state index < -0.39 is 6.10 Å². The molecule has 1 aromatic carbocycles. The Labute approximate surface area is 83.3 Å². The van der Waals surface area contributed by atoms with Crippen LogP contribution < -0.4 is 15.2 Å². The van der Waals surface area contributed by atoms with E-state index in [1.165, 1.54) is 0 Å². The minimum atomic E-state index is -0.513. The summed E-state index contributed by atoms with van der Waals surface area (Å²) in [5.74, 6) is 1.11. The molecule has 0 spiro atoms. The SMILES string of the molecule is COc1cccc(OCC(C)O)c1N. The second kappa shape index (κ2) is 4.72. The minimum absolute atomic E-state index is 0.220. The highest BCUT2D eigenvalue weighted by atomic mass is 16.5. The summed E-state index contributed by atoms with van der Waals surface area (Å²) in [7, 11) is 1.55. The number of aliphatic hydroxyl groups excluding tert-OH is 1. The van der Waals surface area contributed by atoms with E-state index in [0.717, 1.165) is 0 Å². The molecule has 0 aromatic heterocycles. The van der Waals surface area contributed by atoms with Gasteiger partial charge in [0, 0.05) is 0 Å². The number of hydrogen-bond acceptors (Lipinski definition) is 4. The molecule has 0 fully saturated rings. The van der Waals surface area contributed by atoms with Crippen LogP contribution in [0.2, 0.25) is 0 Å². The van der Waals surface area contributed by atoms with E-state index in [9.17, 15) is 0 Å². The molecule has 4 nitrogen and oxygen atoms in total. The lowest BCUT2D eigenvalue weighted by molar-refractivity contribution is 0.123. The predicted molar refractivity (Wildman–Crippen MR) is 54.6 cm³/mol. The number of nitrogen functional groups attached to an aromatic ring is 1. The number of aliphatic hydroxyl groups is 1. The fourth-order valence-electron chi connectivity index (χ4n) is 1.04. The highest BCUT2D eigenvalue weighted by Gasteiger charge is 2.06. The summed E-state index contributed by atoms with van der Waals surface area (Å²) in [5.41, 5.74) is 6.20. The van der Waals surface area contributed by atoms with E-state index in [-0.39, 0.29) is 6.61 Å². The number of benzene rings is 1. The molecular formula is C10H15NO3. The molecule has 0 saturated heterocycles. The Morgan fingerprint density at radius 3 is 2.64 bits per heavy atom. The molecule has 0 aliphatic rings. The number of methoxy groups -OCH3 is 1. The Bertz CT molecular complexity index is 299. The lowest BCUT2D eigenvalue weighted by Crippen LogP contribution is -2.13. The third-order valence-electron chi connectivity index (χ3n) is 1.73. The van der Waals surface area contributed by atoms with Crippen molar-refractivity contribution in [3.8, 4) is 11.5 Å². The van der Waals surface area contributed by atoms with Crippen molar-refractivity contribution in [2.75, 3.05) is 19.5 Å². The molecular weight excluding hydrogens is 182 g/mol. The molecule has 0 amide bonds. The van der Waals surface area contributed by atoms with Crippen LogP contribution in [-0.4, -0.2) is 24.9 Å². The summed E-state index contributed by atoms with van der Waals surface area (Å²) < 4.78 is 10.3. The summed E-state index contributed by atoms with van der Waals surface area (Å²) in [6.45, 7) is 1.87. The van der Waals surface area contributed by atoms with Gasteiger partial charge in [0.2, 0.25) is 0 Å². The fourth-order valence-corrected chi connectivity index (χ4v) is 1.04. The normalized spacial score (nSPS) is 12.2. The van der Waals surface area contributed by atoms with Crippen LogP contribution in [0.5, 0.6) is 11.5 Å². The summed E-state index contributed by atoms with van der Waals surface area (Å²) in [4.78, 5) is 0. The summed E-state index contributed by atoms with van der Waals surface area (Å²) in [6, 6.07) is 5.28. The molecule has 1 atom stereocenters. The number of rotatable bonds is 4. The van der Waals surface area contributed by atoms with Gasteiger partial charge < -0.3 is 20.3 Å². The van der Waals surface area contributed by atoms with Gasteiger partial charge in [-0.3, -0.25) is 0 Å². The summed E-state index contributed by atoms with van der Waals surface area (Å²) >= 11 is 0. The zero-order valence-electron chi connectivity index (χ0n) is 8.36. The van der Waals surface area contributed by atoms with Gasteiger partial charge in [0.05, 0.1) is 13.2 Å². The first kappa shape index (κ1) is 10.7. The van der Waals surface area contributed by atoms with Crippen molar-refractivity contribution >= 4 is 5.69 Å². The Hall–Kier alpha value is -1.42. The highest BCUT2D eigenvalue weighted by Crippen LogP contribution is 2.30. The van der Waals surface area contributed by atoms with E-state index in [1.807, 2.05) is 0 Å². The second-order valence-corrected chi connectivity index (χ2v) is 3.03. The van der Waals surface area contributed by atoms with Crippen LogP contribution in [0.1, 0.15) is 6.92 Å². The van der Waals surface area contributed by atoms with Crippen molar-refractivity contribution in [3.63, 3.8) is 0 Å². The van der Waals surface area contributed by atoms with E-state index in [1.54, 1.807) is 32.2 Å². The molecule has 0 aliphatic heterocycles. The molecule has 1 aromatic rings. The van der Waals surface area contributed by atoms with Crippen molar-refractivity contribution in [2.45, 2.75) is 13.0 Å². The zero-order valence-corrected chi connectivity index (χ0v) is 8.36. The van der Waals surface area contributed by atoms with Crippen molar-refractivity contribution in [2.24, 2.45) is 0 Å². The monoisotopic (exact) mass is 197 g/mol. The average molecular weight is 197 g/mol. The van der Waals surface area contributed by atoms with Crippen LogP contribution in [0.15, 0.2) is 18.2 Å². The van der Waals surface area contributed by atoms with E-state index in [2.05, 4.69) is 0 Å². The highest BCUT2D eigenvalue weighted by molar-refractivity contribution is 5.62. The van der Waals surface area contributed by atoms with Gasteiger partial charge in [-0.25, -0.2) is 0 Å². The van der Waals surface area contributed by atoms with Gasteiger partial charge in [-0.1, -0.05) is 6.07 Å². The third kappa shape index (κ3) is 2.53. The lowest BCUT2D eigenvalue weighted by Gasteiger charge is -2.12. The van der Waals surface area contributed by atoms with Crippen LogP contribution >= 0.6 is 0 Å². The summed E-state index contributed by atoms with van der Waals surface area (Å²) in [6.07, 6.45) is -0.513. The third-order valence-corrected chi connectivity index (χ3v) is 1.73. The Morgan fingerprint density at radius 1 is 1.43 bits per heavy atom. The van der Waals surface area contributed by atoms with Crippen molar-refractivity contribution in [1.82, 2.24) is 0 Å². The van der Waals surface area contributed by atoms with Crippen molar-refractivity contribution < 1.29 is 14.6 Å². The molecule has 0 aliphatic carbocycles. The molecule has 0 heterocycles. The maximum absolute atomic E-state index is 9.03. The van der Waals surface area contributed by atoms with Crippen molar-refractivity contribution in [1.29, 1.82) is 0 Å². The Kier molecular flexibility index (Phi) is 3.59. The first-order valence-corrected chi connectivity index (χ1v) is 4.38. The molecule has 3 N–H and O–H groups in total.